The Kier molecular flexibility index (Phi) is 4.42. The molecule has 4 nitrogen and oxygen atoms in total. The third kappa shape index (κ3) is 3.18. The highest BCUT2D eigenvalue weighted by Crippen LogP contribution is 2.30. The van der Waals surface area contributed by atoms with E-state index < -0.39 is 11.9 Å². The molecule has 1 aromatic carbocycles. The molecule has 2 unspecified atom stereocenters. The summed E-state index contributed by atoms with van der Waals surface area (Å²) in [6.45, 7) is 4.55. The number of nitrogens with zero attached hydrogens (tertiary/aromatic N) is 1. The molecule has 1 amide bonds. The largest absolute Gasteiger partial charge is 0.481 e. The average Bonchev–Trinajstić information content (AvgIpc) is 2.46. The number of benzene rings is 1. The van der Waals surface area contributed by atoms with Gasteiger partial charge in [0.2, 0.25) is 5.91 Å². The number of amides is 1. The van der Waals surface area contributed by atoms with Crippen LogP contribution in [0.1, 0.15) is 37.3 Å². The summed E-state index contributed by atoms with van der Waals surface area (Å²) in [4.78, 5) is 24.5. The van der Waals surface area contributed by atoms with E-state index in [1.165, 1.54) is 12.5 Å². The van der Waals surface area contributed by atoms with Crippen LogP contribution in [-0.2, 0) is 16.0 Å². The van der Waals surface area contributed by atoms with E-state index in [2.05, 4.69) is 31.2 Å². The summed E-state index contributed by atoms with van der Waals surface area (Å²) in [5.74, 6) is -1.22. The third-order valence-electron chi connectivity index (χ3n) is 4.10. The Morgan fingerprint density at radius 3 is 2.40 bits per heavy atom. The van der Waals surface area contributed by atoms with Crippen molar-refractivity contribution < 1.29 is 14.7 Å². The lowest BCUT2D eigenvalue weighted by Crippen LogP contribution is -2.44. The fourth-order valence-electron chi connectivity index (χ4n) is 2.80. The van der Waals surface area contributed by atoms with Crippen LogP contribution < -0.4 is 0 Å². The van der Waals surface area contributed by atoms with Gasteiger partial charge in [0.25, 0.3) is 0 Å². The lowest BCUT2D eigenvalue weighted by atomic mass is 9.84. The van der Waals surface area contributed by atoms with Crippen molar-refractivity contribution in [2.24, 2.45) is 5.92 Å². The number of rotatable bonds is 3. The van der Waals surface area contributed by atoms with Gasteiger partial charge in [-0.2, -0.15) is 0 Å². The second-order valence-electron chi connectivity index (χ2n) is 5.49. The minimum absolute atomic E-state index is 0.0499. The van der Waals surface area contributed by atoms with Crippen LogP contribution >= 0.6 is 0 Å². The molecule has 1 heterocycles. The molecule has 0 spiro atoms. The molecule has 0 radical (unpaired) electrons. The zero-order valence-electron chi connectivity index (χ0n) is 12.0. The molecule has 2 rings (SSSR count). The molecule has 1 fully saturated rings. The third-order valence-corrected chi connectivity index (χ3v) is 4.10. The number of aliphatic carboxylic acids is 1. The Morgan fingerprint density at radius 1 is 1.25 bits per heavy atom. The Morgan fingerprint density at radius 2 is 1.90 bits per heavy atom. The van der Waals surface area contributed by atoms with Crippen LogP contribution in [0.3, 0.4) is 0 Å². The molecule has 2 atom stereocenters. The van der Waals surface area contributed by atoms with E-state index in [0.717, 1.165) is 12.0 Å². The summed E-state index contributed by atoms with van der Waals surface area (Å²) < 4.78 is 0. The van der Waals surface area contributed by atoms with Crippen molar-refractivity contribution >= 4 is 11.9 Å². The molecule has 108 valence electrons. The molecule has 0 bridgehead atoms. The van der Waals surface area contributed by atoms with Crippen molar-refractivity contribution in [3.05, 3.63) is 35.4 Å². The molecule has 20 heavy (non-hydrogen) atoms. The van der Waals surface area contributed by atoms with Gasteiger partial charge in [-0.05, 0) is 24.0 Å². The Balaban J connectivity index is 2.19. The standard InChI is InChI=1S/C16H21NO3/c1-3-12-4-6-13(7-5-12)14-8-15(16(19)20)10-17(9-14)11(2)18/h4-7,14-15H,3,8-10H2,1-2H3,(H,19,20). The van der Waals surface area contributed by atoms with Crippen LogP contribution in [0.25, 0.3) is 0 Å². The smallest absolute Gasteiger partial charge is 0.308 e. The normalized spacial score (nSPS) is 22.6. The monoisotopic (exact) mass is 275 g/mol. The van der Waals surface area contributed by atoms with Crippen molar-refractivity contribution in [2.45, 2.75) is 32.6 Å². The number of hydrogen-bond donors (Lipinski definition) is 1. The minimum atomic E-state index is -0.814. The summed E-state index contributed by atoms with van der Waals surface area (Å²) in [7, 11) is 0. The summed E-state index contributed by atoms with van der Waals surface area (Å²) in [6.07, 6.45) is 1.59. The first kappa shape index (κ1) is 14.6. The van der Waals surface area contributed by atoms with Crippen LogP contribution in [0, 0.1) is 5.92 Å². The van der Waals surface area contributed by atoms with Gasteiger partial charge in [-0.3, -0.25) is 9.59 Å². The number of likely N-dealkylation sites (tertiary alicyclic amines) is 1. The van der Waals surface area contributed by atoms with Gasteiger partial charge in [0, 0.05) is 25.9 Å². The zero-order valence-corrected chi connectivity index (χ0v) is 12.0. The maximum atomic E-state index is 11.6. The second-order valence-corrected chi connectivity index (χ2v) is 5.49. The fraction of sp³-hybridized carbons (Fsp3) is 0.500. The summed E-state index contributed by atoms with van der Waals surface area (Å²) in [5, 5.41) is 9.25. The molecule has 0 saturated carbocycles. The SMILES string of the molecule is CCc1ccc(C2CC(C(=O)O)CN(C(C)=O)C2)cc1. The van der Waals surface area contributed by atoms with Crippen LogP contribution in [-0.4, -0.2) is 35.0 Å². The van der Waals surface area contributed by atoms with Gasteiger partial charge in [-0.25, -0.2) is 0 Å². The Bertz CT molecular complexity index is 473. The number of piperidine rings is 1. The van der Waals surface area contributed by atoms with E-state index in [4.69, 9.17) is 0 Å². The van der Waals surface area contributed by atoms with Gasteiger partial charge in [0.1, 0.15) is 0 Å². The van der Waals surface area contributed by atoms with Gasteiger partial charge in [-0.1, -0.05) is 31.2 Å². The molecule has 1 N–H and O–H groups in total. The van der Waals surface area contributed by atoms with Crippen molar-refractivity contribution in [3.8, 4) is 0 Å². The van der Waals surface area contributed by atoms with Crippen molar-refractivity contribution in [3.63, 3.8) is 0 Å². The van der Waals surface area contributed by atoms with Crippen LogP contribution in [0.15, 0.2) is 24.3 Å². The van der Waals surface area contributed by atoms with Gasteiger partial charge in [-0.15, -0.1) is 0 Å². The predicted octanol–water partition coefficient (Wildman–Crippen LogP) is 2.29. The molecular formula is C16H21NO3. The quantitative estimate of drug-likeness (QED) is 0.920. The van der Waals surface area contributed by atoms with Crippen molar-refractivity contribution in [1.29, 1.82) is 0 Å². The number of carbonyl (C=O) groups excluding carboxylic acids is 1. The number of carboxylic acid groups (broad SMARTS) is 1. The molecule has 1 aromatic rings. The molecule has 1 saturated heterocycles. The molecular weight excluding hydrogens is 254 g/mol. The first-order valence-corrected chi connectivity index (χ1v) is 7.08. The number of carbonyl (C=O) groups is 2. The van der Waals surface area contributed by atoms with Gasteiger partial charge in [0.15, 0.2) is 0 Å². The lowest BCUT2D eigenvalue weighted by molar-refractivity contribution is -0.145. The molecule has 0 aliphatic carbocycles. The summed E-state index contributed by atoms with van der Waals surface area (Å²) in [5.41, 5.74) is 2.39. The van der Waals surface area contributed by atoms with Crippen molar-refractivity contribution in [1.82, 2.24) is 4.90 Å². The van der Waals surface area contributed by atoms with E-state index in [-0.39, 0.29) is 11.8 Å². The Hall–Kier alpha value is -1.84. The van der Waals surface area contributed by atoms with Crippen LogP contribution in [0.5, 0.6) is 0 Å². The maximum absolute atomic E-state index is 11.6. The van der Waals surface area contributed by atoms with Crippen LogP contribution in [0.4, 0.5) is 0 Å². The van der Waals surface area contributed by atoms with Gasteiger partial charge < -0.3 is 10.0 Å². The molecule has 4 heteroatoms. The predicted molar refractivity (Wildman–Crippen MR) is 76.6 cm³/mol. The molecule has 1 aliphatic heterocycles. The Labute approximate surface area is 119 Å². The minimum Gasteiger partial charge on any atom is -0.481 e. The van der Waals surface area contributed by atoms with E-state index >= 15 is 0 Å². The molecule has 1 aliphatic rings. The van der Waals surface area contributed by atoms with Gasteiger partial charge in [0.05, 0.1) is 5.92 Å². The summed E-state index contributed by atoms with van der Waals surface area (Å²) >= 11 is 0. The zero-order chi connectivity index (χ0) is 14.7. The maximum Gasteiger partial charge on any atom is 0.308 e. The van der Waals surface area contributed by atoms with Gasteiger partial charge >= 0.3 is 5.97 Å². The fourth-order valence-corrected chi connectivity index (χ4v) is 2.80. The first-order valence-electron chi connectivity index (χ1n) is 7.08. The number of aryl methyl sites for hydroxylation is 1. The lowest BCUT2D eigenvalue weighted by Gasteiger charge is -2.36. The summed E-state index contributed by atoms with van der Waals surface area (Å²) in [6, 6.07) is 8.29. The van der Waals surface area contributed by atoms with E-state index in [9.17, 15) is 14.7 Å². The first-order chi connectivity index (χ1) is 9.51. The van der Waals surface area contributed by atoms with E-state index in [0.29, 0.717) is 19.5 Å². The highest BCUT2D eigenvalue weighted by Gasteiger charge is 2.33. The molecule has 0 aromatic heterocycles. The number of hydrogen-bond acceptors (Lipinski definition) is 2. The highest BCUT2D eigenvalue weighted by molar-refractivity contribution is 5.76. The number of carboxylic acids is 1. The van der Waals surface area contributed by atoms with E-state index in [1.807, 2.05) is 0 Å². The second kappa shape index (κ2) is 6.07. The van der Waals surface area contributed by atoms with Crippen molar-refractivity contribution in [2.75, 3.05) is 13.1 Å². The average molecular weight is 275 g/mol. The van der Waals surface area contributed by atoms with Crippen LogP contribution in [0.2, 0.25) is 0 Å². The topological polar surface area (TPSA) is 57.6 Å². The highest BCUT2D eigenvalue weighted by atomic mass is 16.4. The van der Waals surface area contributed by atoms with E-state index in [1.54, 1.807) is 4.90 Å².